The van der Waals surface area contributed by atoms with Crippen LogP contribution in [0.4, 0.5) is 19.0 Å². The molecule has 0 aliphatic heterocycles. The summed E-state index contributed by atoms with van der Waals surface area (Å²) in [7, 11) is 0. The van der Waals surface area contributed by atoms with Crippen molar-refractivity contribution in [3.05, 3.63) is 59.1 Å². The molecule has 0 saturated carbocycles. The Labute approximate surface area is 145 Å². The Morgan fingerprint density at radius 3 is 2.60 bits per heavy atom. The topological polar surface area (TPSA) is 63.8 Å². The first kappa shape index (κ1) is 17.2. The molecular weight excluding hydrogens is 357 g/mol. The highest BCUT2D eigenvalue weighted by Gasteiger charge is 2.33. The summed E-state index contributed by atoms with van der Waals surface area (Å²) < 4.78 is 43.8. The van der Waals surface area contributed by atoms with Crippen LogP contribution in [0.15, 0.2) is 47.1 Å². The van der Waals surface area contributed by atoms with Gasteiger partial charge in [-0.25, -0.2) is 4.98 Å². The van der Waals surface area contributed by atoms with Gasteiger partial charge in [-0.15, -0.1) is 0 Å². The number of anilines is 1. The van der Waals surface area contributed by atoms with E-state index in [1.807, 2.05) is 0 Å². The highest BCUT2D eigenvalue weighted by Crippen LogP contribution is 2.33. The predicted octanol–water partition coefficient (Wildman–Crippen LogP) is 4.46. The molecule has 130 valence electrons. The molecule has 0 unspecified atom stereocenters. The molecule has 9 heteroatoms. The average molecular weight is 369 g/mol. The zero-order chi connectivity index (χ0) is 17.9. The number of halogens is 4. The number of nitrogens with zero attached hydrogens (tertiary/aromatic N) is 3. The van der Waals surface area contributed by atoms with Crippen molar-refractivity contribution in [2.75, 3.05) is 11.9 Å². The van der Waals surface area contributed by atoms with Crippen LogP contribution in [-0.2, 0) is 12.6 Å². The maximum Gasteiger partial charge on any atom is 0.419 e. The summed E-state index contributed by atoms with van der Waals surface area (Å²) in [6.45, 7) is 0.169. The molecular formula is C16H12ClF3N4O. The molecule has 2 aromatic heterocycles. The average Bonchev–Trinajstić information content (AvgIpc) is 3.04. The van der Waals surface area contributed by atoms with Crippen molar-refractivity contribution in [3.63, 3.8) is 0 Å². The summed E-state index contributed by atoms with van der Waals surface area (Å²) in [6, 6.07) is 9.12. The van der Waals surface area contributed by atoms with Gasteiger partial charge < -0.3 is 9.84 Å². The maximum atomic E-state index is 12.9. The number of hydrogen-bond acceptors (Lipinski definition) is 5. The maximum absolute atomic E-state index is 12.9. The molecule has 1 aromatic carbocycles. The van der Waals surface area contributed by atoms with Crippen molar-refractivity contribution < 1.29 is 17.7 Å². The summed E-state index contributed by atoms with van der Waals surface area (Å²) >= 11 is 5.82. The summed E-state index contributed by atoms with van der Waals surface area (Å²) in [6.07, 6.45) is -2.92. The quantitative estimate of drug-likeness (QED) is 0.720. The Morgan fingerprint density at radius 1 is 1.12 bits per heavy atom. The van der Waals surface area contributed by atoms with E-state index in [1.165, 1.54) is 12.3 Å². The lowest BCUT2D eigenvalue weighted by Crippen LogP contribution is -2.14. The first-order chi connectivity index (χ1) is 11.9. The van der Waals surface area contributed by atoms with Gasteiger partial charge >= 0.3 is 6.18 Å². The zero-order valence-corrected chi connectivity index (χ0v) is 13.5. The van der Waals surface area contributed by atoms with Gasteiger partial charge in [-0.05, 0) is 36.4 Å². The SMILES string of the molecule is FC(F)(F)c1cccnc1NCCc1nc(-c2ccc(Cl)cc2)no1. The fourth-order valence-corrected chi connectivity index (χ4v) is 2.26. The van der Waals surface area contributed by atoms with Crippen LogP contribution in [0.2, 0.25) is 5.02 Å². The number of hydrogen-bond donors (Lipinski definition) is 1. The Bertz CT molecular complexity index is 849. The van der Waals surface area contributed by atoms with Gasteiger partial charge in [-0.1, -0.05) is 16.8 Å². The fourth-order valence-electron chi connectivity index (χ4n) is 2.14. The third-order valence-corrected chi connectivity index (χ3v) is 3.57. The van der Waals surface area contributed by atoms with E-state index in [0.29, 0.717) is 16.7 Å². The standard InChI is InChI=1S/C16H12ClF3N4O/c17-11-5-3-10(4-6-11)14-23-13(25-24-14)7-9-22-15-12(16(18,19)20)2-1-8-21-15/h1-6,8H,7,9H2,(H,21,22). The normalized spacial score (nSPS) is 11.5. The van der Waals surface area contributed by atoms with Gasteiger partial charge in [0.05, 0.1) is 5.56 Å². The van der Waals surface area contributed by atoms with Crippen LogP contribution in [0, 0.1) is 0 Å². The molecule has 5 nitrogen and oxygen atoms in total. The largest absolute Gasteiger partial charge is 0.419 e. The summed E-state index contributed by atoms with van der Waals surface area (Å²) in [4.78, 5) is 7.94. The van der Waals surface area contributed by atoms with E-state index in [2.05, 4.69) is 20.4 Å². The molecule has 0 aliphatic rings. The molecule has 0 radical (unpaired) electrons. The number of aromatic nitrogens is 3. The minimum absolute atomic E-state index is 0.169. The molecule has 0 atom stereocenters. The van der Waals surface area contributed by atoms with E-state index in [4.69, 9.17) is 16.1 Å². The van der Waals surface area contributed by atoms with E-state index in [-0.39, 0.29) is 18.8 Å². The van der Waals surface area contributed by atoms with Crippen molar-refractivity contribution in [3.8, 4) is 11.4 Å². The predicted molar refractivity (Wildman–Crippen MR) is 86.2 cm³/mol. The number of benzene rings is 1. The molecule has 0 bridgehead atoms. The smallest absolute Gasteiger partial charge is 0.369 e. The third kappa shape index (κ3) is 4.27. The number of nitrogens with one attached hydrogen (secondary N) is 1. The molecule has 3 aromatic rings. The molecule has 0 aliphatic carbocycles. The van der Waals surface area contributed by atoms with Gasteiger partial charge in [0, 0.05) is 29.7 Å². The molecule has 0 fully saturated rings. The van der Waals surface area contributed by atoms with Crippen LogP contribution in [0.1, 0.15) is 11.5 Å². The Balaban J connectivity index is 1.63. The van der Waals surface area contributed by atoms with Crippen LogP contribution >= 0.6 is 11.6 Å². The first-order valence-electron chi connectivity index (χ1n) is 7.28. The lowest BCUT2D eigenvalue weighted by Gasteiger charge is -2.12. The highest BCUT2D eigenvalue weighted by atomic mass is 35.5. The van der Waals surface area contributed by atoms with Gasteiger partial charge in [0.15, 0.2) is 0 Å². The van der Waals surface area contributed by atoms with E-state index >= 15 is 0 Å². The van der Waals surface area contributed by atoms with Crippen LogP contribution in [0.3, 0.4) is 0 Å². The lowest BCUT2D eigenvalue weighted by atomic mass is 10.2. The molecule has 3 rings (SSSR count). The van der Waals surface area contributed by atoms with Crippen molar-refractivity contribution in [2.24, 2.45) is 0 Å². The summed E-state index contributed by atoms with van der Waals surface area (Å²) in [5, 5.41) is 7.08. The minimum atomic E-state index is -4.47. The lowest BCUT2D eigenvalue weighted by molar-refractivity contribution is -0.137. The minimum Gasteiger partial charge on any atom is -0.369 e. The van der Waals surface area contributed by atoms with Gasteiger partial charge in [-0.2, -0.15) is 18.2 Å². The van der Waals surface area contributed by atoms with Gasteiger partial charge in [0.1, 0.15) is 5.82 Å². The molecule has 25 heavy (non-hydrogen) atoms. The Hall–Kier alpha value is -2.61. The van der Waals surface area contributed by atoms with Crippen molar-refractivity contribution >= 4 is 17.4 Å². The van der Waals surface area contributed by atoms with Gasteiger partial charge in [0.2, 0.25) is 11.7 Å². The van der Waals surface area contributed by atoms with E-state index in [0.717, 1.165) is 11.6 Å². The summed E-state index contributed by atoms with van der Waals surface area (Å²) in [5.74, 6) is 0.467. The monoisotopic (exact) mass is 368 g/mol. The molecule has 0 spiro atoms. The molecule has 0 saturated heterocycles. The number of pyridine rings is 1. The highest BCUT2D eigenvalue weighted by molar-refractivity contribution is 6.30. The second kappa shape index (κ2) is 7.10. The Morgan fingerprint density at radius 2 is 1.88 bits per heavy atom. The van der Waals surface area contributed by atoms with Crippen LogP contribution in [0.25, 0.3) is 11.4 Å². The van der Waals surface area contributed by atoms with E-state index in [9.17, 15) is 13.2 Å². The van der Waals surface area contributed by atoms with Crippen molar-refractivity contribution in [1.29, 1.82) is 0 Å². The van der Waals surface area contributed by atoms with Gasteiger partial charge in [0.25, 0.3) is 0 Å². The van der Waals surface area contributed by atoms with Crippen molar-refractivity contribution in [1.82, 2.24) is 15.1 Å². The molecule has 2 heterocycles. The summed E-state index contributed by atoms with van der Waals surface area (Å²) in [5.41, 5.74) is -0.0844. The second-order valence-electron chi connectivity index (χ2n) is 5.09. The van der Waals surface area contributed by atoms with E-state index in [1.54, 1.807) is 24.3 Å². The number of rotatable bonds is 5. The van der Waals surface area contributed by atoms with Crippen molar-refractivity contribution in [2.45, 2.75) is 12.6 Å². The molecule has 1 N–H and O–H groups in total. The van der Waals surface area contributed by atoms with Crippen LogP contribution in [-0.4, -0.2) is 21.7 Å². The Kier molecular flexibility index (Phi) is 4.89. The first-order valence-corrected chi connectivity index (χ1v) is 7.66. The van der Waals surface area contributed by atoms with E-state index < -0.39 is 11.7 Å². The third-order valence-electron chi connectivity index (χ3n) is 3.31. The second-order valence-corrected chi connectivity index (χ2v) is 5.53. The zero-order valence-electron chi connectivity index (χ0n) is 12.7. The van der Waals surface area contributed by atoms with Crippen LogP contribution < -0.4 is 5.32 Å². The van der Waals surface area contributed by atoms with Gasteiger partial charge in [-0.3, -0.25) is 0 Å². The fraction of sp³-hybridized carbons (Fsp3) is 0.188. The molecule has 0 amide bonds. The number of alkyl halides is 3. The van der Waals surface area contributed by atoms with Crippen LogP contribution in [0.5, 0.6) is 0 Å².